The third-order valence-corrected chi connectivity index (χ3v) is 3.22. The zero-order chi connectivity index (χ0) is 13.8. The summed E-state index contributed by atoms with van der Waals surface area (Å²) in [4.78, 5) is 21.6. The Hall–Kier alpha value is -1.85. The summed E-state index contributed by atoms with van der Waals surface area (Å²) in [5, 5.41) is 9.17. The van der Waals surface area contributed by atoms with Crippen LogP contribution in [-0.4, -0.2) is 40.7 Å². The third kappa shape index (κ3) is 3.33. The predicted octanol–water partition coefficient (Wildman–Crippen LogP) is 1.42. The molecule has 0 saturated carbocycles. The van der Waals surface area contributed by atoms with Gasteiger partial charge in [0.05, 0.1) is 24.9 Å². The number of rotatable bonds is 4. The molecular formula is C13H19N3O3. The van der Waals surface area contributed by atoms with Crippen LogP contribution in [0.2, 0.25) is 0 Å². The molecule has 0 bridgehead atoms. The number of nitrogens with zero attached hydrogens (tertiary/aromatic N) is 3. The first-order valence-corrected chi connectivity index (χ1v) is 6.52. The smallest absolute Gasteiger partial charge is 0.308 e. The van der Waals surface area contributed by atoms with Gasteiger partial charge in [-0.25, -0.2) is 0 Å². The summed E-state index contributed by atoms with van der Waals surface area (Å²) >= 11 is 0. The van der Waals surface area contributed by atoms with Crippen molar-refractivity contribution in [3.8, 4) is 5.88 Å². The average Bonchev–Trinajstić information content (AvgIpc) is 2.38. The van der Waals surface area contributed by atoms with Gasteiger partial charge in [0.15, 0.2) is 5.82 Å². The first-order chi connectivity index (χ1) is 9.10. The molecule has 6 heteroatoms. The second-order valence-corrected chi connectivity index (χ2v) is 4.93. The monoisotopic (exact) mass is 265 g/mol. The molecule has 2 atom stereocenters. The number of anilines is 1. The molecule has 2 heterocycles. The number of carboxylic acid groups (broad SMARTS) is 1. The Balaban J connectivity index is 2.15. The number of carbonyl (C=O) groups is 1. The van der Waals surface area contributed by atoms with E-state index in [1.54, 1.807) is 12.4 Å². The Morgan fingerprint density at radius 1 is 1.53 bits per heavy atom. The van der Waals surface area contributed by atoms with Crippen molar-refractivity contribution < 1.29 is 14.6 Å². The van der Waals surface area contributed by atoms with Crippen molar-refractivity contribution in [1.82, 2.24) is 9.97 Å². The van der Waals surface area contributed by atoms with E-state index < -0.39 is 5.97 Å². The highest BCUT2D eigenvalue weighted by molar-refractivity contribution is 5.71. The Morgan fingerprint density at radius 2 is 2.32 bits per heavy atom. The summed E-state index contributed by atoms with van der Waals surface area (Å²) in [6.07, 6.45) is 3.93. The summed E-state index contributed by atoms with van der Waals surface area (Å²) in [6, 6.07) is 0. The van der Waals surface area contributed by atoms with Crippen LogP contribution in [0.5, 0.6) is 5.88 Å². The fraction of sp³-hybridized carbons (Fsp3) is 0.615. The maximum atomic E-state index is 11.2. The SMILES string of the molecule is CCOc1cncc(N2CC(C)CC(C(=O)O)C2)n1. The van der Waals surface area contributed by atoms with Gasteiger partial charge in [-0.15, -0.1) is 0 Å². The standard InChI is InChI=1S/C13H19N3O3/c1-3-19-12-6-14-5-11(15-12)16-7-9(2)4-10(8-16)13(17)18/h5-6,9-10H,3-4,7-8H2,1-2H3,(H,17,18). The van der Waals surface area contributed by atoms with Gasteiger partial charge in [-0.3, -0.25) is 9.78 Å². The van der Waals surface area contributed by atoms with Crippen molar-refractivity contribution in [2.75, 3.05) is 24.6 Å². The zero-order valence-electron chi connectivity index (χ0n) is 11.2. The lowest BCUT2D eigenvalue weighted by atomic mass is 9.90. The molecular weight excluding hydrogens is 246 g/mol. The molecule has 0 radical (unpaired) electrons. The van der Waals surface area contributed by atoms with Crippen molar-refractivity contribution in [3.05, 3.63) is 12.4 Å². The molecule has 1 saturated heterocycles. The van der Waals surface area contributed by atoms with Crippen LogP contribution in [0, 0.1) is 11.8 Å². The minimum Gasteiger partial charge on any atom is -0.481 e. The Morgan fingerprint density at radius 3 is 3.00 bits per heavy atom. The van der Waals surface area contributed by atoms with Gasteiger partial charge in [0.2, 0.25) is 5.88 Å². The highest BCUT2D eigenvalue weighted by Crippen LogP contribution is 2.26. The van der Waals surface area contributed by atoms with Crippen LogP contribution in [0.3, 0.4) is 0 Å². The molecule has 2 unspecified atom stereocenters. The molecule has 1 aromatic rings. The number of hydrogen-bond acceptors (Lipinski definition) is 5. The molecule has 1 aromatic heterocycles. The molecule has 19 heavy (non-hydrogen) atoms. The van der Waals surface area contributed by atoms with E-state index in [0.717, 1.165) is 6.54 Å². The second kappa shape index (κ2) is 5.86. The normalized spacial score (nSPS) is 23.2. The quantitative estimate of drug-likeness (QED) is 0.887. The van der Waals surface area contributed by atoms with Crippen molar-refractivity contribution in [2.24, 2.45) is 11.8 Å². The first-order valence-electron chi connectivity index (χ1n) is 6.52. The van der Waals surface area contributed by atoms with Gasteiger partial charge in [0.1, 0.15) is 0 Å². The summed E-state index contributed by atoms with van der Waals surface area (Å²) in [5.74, 6) is 0.396. The van der Waals surface area contributed by atoms with Gasteiger partial charge in [-0.05, 0) is 19.3 Å². The molecule has 0 aromatic carbocycles. The maximum absolute atomic E-state index is 11.2. The Labute approximate surface area is 112 Å². The number of piperidine rings is 1. The Kier molecular flexibility index (Phi) is 4.19. The molecule has 0 spiro atoms. The van der Waals surface area contributed by atoms with Crippen molar-refractivity contribution in [2.45, 2.75) is 20.3 Å². The lowest BCUT2D eigenvalue weighted by Crippen LogP contribution is -2.43. The topological polar surface area (TPSA) is 75.5 Å². The second-order valence-electron chi connectivity index (χ2n) is 4.93. The van der Waals surface area contributed by atoms with Crippen molar-refractivity contribution in [1.29, 1.82) is 0 Å². The van der Waals surface area contributed by atoms with Crippen molar-refractivity contribution >= 4 is 11.8 Å². The summed E-state index contributed by atoms with van der Waals surface area (Å²) in [6.45, 7) is 5.75. The summed E-state index contributed by atoms with van der Waals surface area (Å²) in [7, 11) is 0. The molecule has 1 aliphatic rings. The molecule has 1 fully saturated rings. The number of hydrogen-bond donors (Lipinski definition) is 1. The molecule has 104 valence electrons. The van der Waals surface area contributed by atoms with Crippen molar-refractivity contribution in [3.63, 3.8) is 0 Å². The van der Waals surface area contributed by atoms with Gasteiger partial charge in [0, 0.05) is 13.1 Å². The highest BCUT2D eigenvalue weighted by atomic mass is 16.5. The van der Waals surface area contributed by atoms with Gasteiger partial charge in [-0.2, -0.15) is 4.98 Å². The third-order valence-electron chi connectivity index (χ3n) is 3.22. The van der Waals surface area contributed by atoms with Crippen LogP contribution in [0.1, 0.15) is 20.3 Å². The van der Waals surface area contributed by atoms with E-state index in [2.05, 4.69) is 16.9 Å². The zero-order valence-corrected chi connectivity index (χ0v) is 11.2. The largest absolute Gasteiger partial charge is 0.481 e. The van der Waals surface area contributed by atoms with E-state index in [1.165, 1.54) is 0 Å². The highest BCUT2D eigenvalue weighted by Gasteiger charge is 2.30. The van der Waals surface area contributed by atoms with Crippen LogP contribution in [0.25, 0.3) is 0 Å². The molecule has 6 nitrogen and oxygen atoms in total. The minimum atomic E-state index is -0.745. The van der Waals surface area contributed by atoms with Gasteiger partial charge in [0.25, 0.3) is 0 Å². The first kappa shape index (κ1) is 13.6. The fourth-order valence-corrected chi connectivity index (χ4v) is 2.43. The molecule has 0 amide bonds. The lowest BCUT2D eigenvalue weighted by molar-refractivity contribution is -0.142. The number of ether oxygens (including phenoxy) is 1. The van der Waals surface area contributed by atoms with E-state index >= 15 is 0 Å². The van der Waals surface area contributed by atoms with Gasteiger partial charge in [-0.1, -0.05) is 6.92 Å². The Bertz CT molecular complexity index is 453. The average molecular weight is 265 g/mol. The van der Waals surface area contributed by atoms with E-state index in [4.69, 9.17) is 4.74 Å². The predicted molar refractivity (Wildman–Crippen MR) is 70.3 cm³/mol. The van der Waals surface area contributed by atoms with Crippen LogP contribution in [0.15, 0.2) is 12.4 Å². The minimum absolute atomic E-state index is 0.326. The number of aliphatic carboxylic acids is 1. The van der Waals surface area contributed by atoms with Crippen LogP contribution in [-0.2, 0) is 4.79 Å². The van der Waals surface area contributed by atoms with Gasteiger partial charge < -0.3 is 14.7 Å². The molecule has 0 aliphatic carbocycles. The molecule has 2 rings (SSSR count). The maximum Gasteiger partial charge on any atom is 0.308 e. The summed E-state index contributed by atoms with van der Waals surface area (Å²) in [5.41, 5.74) is 0. The van der Waals surface area contributed by atoms with Gasteiger partial charge >= 0.3 is 5.97 Å². The van der Waals surface area contributed by atoms with Crippen LogP contribution < -0.4 is 9.64 Å². The molecule has 1 N–H and O–H groups in total. The lowest BCUT2D eigenvalue weighted by Gasteiger charge is -2.35. The van der Waals surface area contributed by atoms with Crippen LogP contribution >= 0.6 is 0 Å². The number of carboxylic acids is 1. The van der Waals surface area contributed by atoms with E-state index in [9.17, 15) is 9.90 Å². The van der Waals surface area contributed by atoms with E-state index in [0.29, 0.717) is 37.2 Å². The molecule has 1 aliphatic heterocycles. The number of aromatic nitrogens is 2. The van der Waals surface area contributed by atoms with E-state index in [-0.39, 0.29) is 5.92 Å². The fourth-order valence-electron chi connectivity index (χ4n) is 2.43. The van der Waals surface area contributed by atoms with E-state index in [1.807, 2.05) is 11.8 Å². The summed E-state index contributed by atoms with van der Waals surface area (Å²) < 4.78 is 5.32. The van der Waals surface area contributed by atoms with Crippen LogP contribution in [0.4, 0.5) is 5.82 Å².